The van der Waals surface area contributed by atoms with E-state index in [0.717, 1.165) is 11.8 Å². The Labute approximate surface area is 187 Å². The predicted molar refractivity (Wildman–Crippen MR) is 119 cm³/mol. The van der Waals surface area contributed by atoms with Crippen molar-refractivity contribution in [1.82, 2.24) is 9.62 Å². The molecule has 4 rings (SSSR count). The van der Waals surface area contributed by atoms with E-state index < -0.39 is 21.7 Å². The van der Waals surface area contributed by atoms with E-state index in [9.17, 15) is 22.0 Å². The number of nitrogens with one attached hydrogen (secondary N) is 1. The molecule has 2 aromatic rings. The molecule has 2 aliphatic rings. The molecule has 2 fully saturated rings. The van der Waals surface area contributed by atoms with Gasteiger partial charge in [-0.2, -0.15) is 0 Å². The van der Waals surface area contributed by atoms with Gasteiger partial charge in [0.15, 0.2) is 0 Å². The summed E-state index contributed by atoms with van der Waals surface area (Å²) in [5, 5.41) is 0. The monoisotopic (exact) mass is 462 g/mol. The smallest absolute Gasteiger partial charge is 0.226 e. The van der Waals surface area contributed by atoms with Gasteiger partial charge in [-0.1, -0.05) is 37.3 Å². The summed E-state index contributed by atoms with van der Waals surface area (Å²) in [6.45, 7) is 3.06. The molecule has 4 atom stereocenters. The van der Waals surface area contributed by atoms with Crippen LogP contribution in [0.4, 0.5) is 8.78 Å². The van der Waals surface area contributed by atoms with Crippen molar-refractivity contribution < 1.29 is 22.0 Å². The third-order valence-corrected chi connectivity index (χ3v) is 7.36. The highest BCUT2D eigenvalue weighted by Gasteiger charge is 2.47. The minimum absolute atomic E-state index is 0.0333. The highest BCUT2D eigenvalue weighted by molar-refractivity contribution is 7.88. The second kappa shape index (κ2) is 8.90. The van der Waals surface area contributed by atoms with E-state index in [1.807, 2.05) is 24.0 Å². The Morgan fingerprint density at radius 2 is 1.69 bits per heavy atom. The molecular formula is C24H28F2N2O3S. The normalized spacial score (nSPS) is 25.9. The van der Waals surface area contributed by atoms with E-state index in [2.05, 4.69) is 4.72 Å². The summed E-state index contributed by atoms with van der Waals surface area (Å²) >= 11 is 0. The third-order valence-electron chi connectivity index (χ3n) is 6.63. The third kappa shape index (κ3) is 4.86. The molecular weight excluding hydrogens is 434 g/mol. The number of benzene rings is 2. The second-order valence-corrected chi connectivity index (χ2v) is 10.8. The molecule has 1 N–H and O–H groups in total. The molecule has 1 saturated carbocycles. The Balaban J connectivity index is 1.50. The van der Waals surface area contributed by atoms with Crippen molar-refractivity contribution in [3.63, 3.8) is 0 Å². The van der Waals surface area contributed by atoms with Crippen LogP contribution in [0.25, 0.3) is 11.1 Å². The number of carbonyl (C=O) groups excluding carboxylic acids is 1. The van der Waals surface area contributed by atoms with Crippen molar-refractivity contribution >= 4 is 15.9 Å². The van der Waals surface area contributed by atoms with E-state index in [0.29, 0.717) is 37.9 Å². The summed E-state index contributed by atoms with van der Waals surface area (Å²) in [5.41, 5.74) is 1.22. The molecule has 0 radical (unpaired) electrons. The fourth-order valence-corrected chi connectivity index (χ4v) is 5.67. The second-order valence-electron chi connectivity index (χ2n) is 9.01. The van der Waals surface area contributed by atoms with Crippen LogP contribution >= 0.6 is 0 Å². The molecule has 1 aliphatic heterocycles. The van der Waals surface area contributed by atoms with Crippen LogP contribution in [0.1, 0.15) is 37.7 Å². The first kappa shape index (κ1) is 22.9. The zero-order valence-corrected chi connectivity index (χ0v) is 19.0. The molecule has 0 spiro atoms. The Morgan fingerprint density at radius 1 is 1.03 bits per heavy atom. The van der Waals surface area contributed by atoms with Crippen molar-refractivity contribution in [3.8, 4) is 11.1 Å². The molecule has 1 heterocycles. The Bertz CT molecular complexity index is 1100. The zero-order chi connectivity index (χ0) is 23.0. The summed E-state index contributed by atoms with van der Waals surface area (Å²) in [6, 6.07) is 10.7. The summed E-state index contributed by atoms with van der Waals surface area (Å²) < 4.78 is 54.8. The van der Waals surface area contributed by atoms with Crippen LogP contribution in [0, 0.1) is 23.5 Å². The van der Waals surface area contributed by atoms with Crippen molar-refractivity contribution in [2.75, 3.05) is 19.3 Å². The van der Waals surface area contributed by atoms with Crippen LogP contribution in [0.2, 0.25) is 0 Å². The largest absolute Gasteiger partial charge is 0.342 e. The number of hydrogen-bond acceptors (Lipinski definition) is 3. The standard InChI is InChI=1S/C24H28F2N2O3S/c1-15-10-12-28(13-11-22(15)27-32(2,30)31)24(29)19-14-18(19)16-6-3-4-7-17(16)23-20(25)8-5-9-21(23)26/h3-9,15,18-19,22,27H,10-14H2,1-2H3/t15-,18-,19+,22-/m0/s1. The number of carbonyl (C=O) groups is 1. The van der Waals surface area contributed by atoms with Crippen molar-refractivity contribution in [2.45, 2.75) is 38.1 Å². The minimum atomic E-state index is -3.31. The van der Waals surface area contributed by atoms with Gasteiger partial charge < -0.3 is 4.90 Å². The lowest BCUT2D eigenvalue weighted by molar-refractivity contribution is -0.132. The number of hydrogen-bond donors (Lipinski definition) is 1. The van der Waals surface area contributed by atoms with Crippen LogP contribution in [-0.4, -0.2) is 44.6 Å². The molecule has 172 valence electrons. The average Bonchev–Trinajstić information content (AvgIpc) is 3.53. The molecule has 8 heteroatoms. The Kier molecular flexibility index (Phi) is 6.36. The molecule has 0 bridgehead atoms. The number of amides is 1. The van der Waals surface area contributed by atoms with Gasteiger partial charge in [-0.3, -0.25) is 4.79 Å². The minimum Gasteiger partial charge on any atom is -0.342 e. The zero-order valence-electron chi connectivity index (χ0n) is 18.2. The molecule has 0 unspecified atom stereocenters. The number of nitrogens with zero attached hydrogens (tertiary/aromatic N) is 1. The molecule has 1 saturated heterocycles. The van der Waals surface area contributed by atoms with Gasteiger partial charge in [0.25, 0.3) is 0 Å². The van der Waals surface area contributed by atoms with Crippen LogP contribution in [0.15, 0.2) is 42.5 Å². The molecule has 0 aromatic heterocycles. The lowest BCUT2D eigenvalue weighted by Crippen LogP contribution is -2.39. The van der Waals surface area contributed by atoms with E-state index in [1.54, 1.807) is 12.1 Å². The van der Waals surface area contributed by atoms with Crippen LogP contribution < -0.4 is 4.72 Å². The van der Waals surface area contributed by atoms with Crippen molar-refractivity contribution in [2.24, 2.45) is 11.8 Å². The molecule has 32 heavy (non-hydrogen) atoms. The maximum Gasteiger partial charge on any atom is 0.226 e. The van der Waals surface area contributed by atoms with Gasteiger partial charge in [0.1, 0.15) is 11.6 Å². The van der Waals surface area contributed by atoms with Gasteiger partial charge in [-0.25, -0.2) is 21.9 Å². The Hall–Kier alpha value is -2.32. The van der Waals surface area contributed by atoms with Gasteiger partial charge in [0.2, 0.25) is 15.9 Å². The highest BCUT2D eigenvalue weighted by atomic mass is 32.2. The van der Waals surface area contributed by atoms with E-state index >= 15 is 0 Å². The van der Waals surface area contributed by atoms with Crippen LogP contribution in [0.3, 0.4) is 0 Å². The fraction of sp³-hybridized carbons (Fsp3) is 0.458. The van der Waals surface area contributed by atoms with Gasteiger partial charge in [-0.05, 0) is 54.4 Å². The summed E-state index contributed by atoms with van der Waals surface area (Å²) in [7, 11) is -3.31. The first-order valence-electron chi connectivity index (χ1n) is 10.9. The predicted octanol–water partition coefficient (Wildman–Crippen LogP) is 3.91. The highest BCUT2D eigenvalue weighted by Crippen LogP contribution is 2.51. The van der Waals surface area contributed by atoms with Gasteiger partial charge >= 0.3 is 0 Å². The molecule has 5 nitrogen and oxygen atoms in total. The van der Waals surface area contributed by atoms with E-state index in [-0.39, 0.29) is 35.3 Å². The first-order chi connectivity index (χ1) is 15.2. The Morgan fingerprint density at radius 3 is 2.38 bits per heavy atom. The fourth-order valence-electron chi connectivity index (χ4n) is 4.77. The molecule has 2 aromatic carbocycles. The van der Waals surface area contributed by atoms with Crippen molar-refractivity contribution in [1.29, 1.82) is 0 Å². The van der Waals surface area contributed by atoms with Crippen molar-refractivity contribution in [3.05, 3.63) is 59.7 Å². The van der Waals surface area contributed by atoms with E-state index in [1.165, 1.54) is 18.2 Å². The van der Waals surface area contributed by atoms with Gasteiger partial charge in [-0.15, -0.1) is 0 Å². The van der Waals surface area contributed by atoms with Crippen LogP contribution in [-0.2, 0) is 14.8 Å². The summed E-state index contributed by atoms with van der Waals surface area (Å²) in [5.74, 6) is -1.38. The quantitative estimate of drug-likeness (QED) is 0.733. The summed E-state index contributed by atoms with van der Waals surface area (Å²) in [6.07, 6.45) is 3.07. The number of halogens is 2. The lowest BCUT2D eigenvalue weighted by atomic mass is 9.95. The number of likely N-dealkylation sites (tertiary alicyclic amines) is 1. The topological polar surface area (TPSA) is 66.5 Å². The maximum atomic E-state index is 14.4. The molecule has 1 aliphatic carbocycles. The number of rotatable bonds is 5. The molecule has 1 amide bonds. The van der Waals surface area contributed by atoms with Gasteiger partial charge in [0.05, 0.1) is 11.8 Å². The SMILES string of the molecule is C[C@H]1CCN(C(=O)[C@@H]2C[C@H]2c2ccccc2-c2c(F)cccc2F)CC[C@@H]1NS(C)(=O)=O. The summed E-state index contributed by atoms with van der Waals surface area (Å²) in [4.78, 5) is 15.0. The maximum absolute atomic E-state index is 14.4. The van der Waals surface area contributed by atoms with Gasteiger partial charge in [0, 0.05) is 25.0 Å². The van der Waals surface area contributed by atoms with E-state index in [4.69, 9.17) is 0 Å². The average molecular weight is 463 g/mol. The van der Waals surface area contributed by atoms with Crippen LogP contribution in [0.5, 0.6) is 0 Å². The lowest BCUT2D eigenvalue weighted by Gasteiger charge is -2.21. The number of sulfonamides is 1. The first-order valence-corrected chi connectivity index (χ1v) is 12.8.